The van der Waals surface area contributed by atoms with Gasteiger partial charge in [-0.15, -0.1) is 0 Å². The van der Waals surface area contributed by atoms with Crippen molar-refractivity contribution in [3.8, 4) is 0 Å². The molecule has 0 aromatic heterocycles. The van der Waals surface area contributed by atoms with Crippen molar-refractivity contribution in [3.05, 3.63) is 64.2 Å². The predicted octanol–water partition coefficient (Wildman–Crippen LogP) is 4.30. The molecule has 2 amide bonds. The van der Waals surface area contributed by atoms with Gasteiger partial charge >= 0.3 is 12.2 Å². The van der Waals surface area contributed by atoms with Gasteiger partial charge in [0.05, 0.1) is 17.1 Å². The molecule has 1 aliphatic rings. The molecule has 10 heteroatoms. The number of urea groups is 1. The molecular formula is C23H25ClF3N3O3. The highest BCUT2D eigenvalue weighted by Gasteiger charge is 2.35. The number of hydrogen-bond acceptors (Lipinski definition) is 4. The van der Waals surface area contributed by atoms with Crippen molar-refractivity contribution < 1.29 is 27.9 Å². The van der Waals surface area contributed by atoms with E-state index in [-0.39, 0.29) is 12.2 Å². The van der Waals surface area contributed by atoms with E-state index in [0.717, 1.165) is 18.7 Å². The Bertz CT molecular complexity index is 991. The number of halogens is 4. The molecule has 1 fully saturated rings. The first-order chi connectivity index (χ1) is 15.6. The third-order valence-corrected chi connectivity index (χ3v) is 5.98. The van der Waals surface area contributed by atoms with Crippen LogP contribution in [0.25, 0.3) is 0 Å². The van der Waals surface area contributed by atoms with Crippen molar-refractivity contribution in [3.63, 3.8) is 0 Å². The minimum Gasteiger partial charge on any atom is -0.388 e. The third kappa shape index (κ3) is 6.04. The summed E-state index contributed by atoms with van der Waals surface area (Å²) in [5.74, 6) is -0.448. The molecule has 0 aliphatic carbocycles. The number of piperazine rings is 1. The van der Waals surface area contributed by atoms with Gasteiger partial charge in [-0.2, -0.15) is 13.2 Å². The Balaban J connectivity index is 1.93. The van der Waals surface area contributed by atoms with Gasteiger partial charge in [-0.3, -0.25) is 9.69 Å². The second kappa shape index (κ2) is 10.5. The van der Waals surface area contributed by atoms with Gasteiger partial charge in [0.15, 0.2) is 5.78 Å². The van der Waals surface area contributed by atoms with Crippen molar-refractivity contribution in [2.24, 2.45) is 0 Å². The summed E-state index contributed by atoms with van der Waals surface area (Å²) < 4.78 is 40.4. The van der Waals surface area contributed by atoms with Crippen molar-refractivity contribution >= 4 is 29.1 Å². The van der Waals surface area contributed by atoms with Crippen LogP contribution in [-0.4, -0.2) is 66.1 Å². The van der Waals surface area contributed by atoms with Crippen LogP contribution >= 0.6 is 11.6 Å². The number of anilines is 1. The lowest BCUT2D eigenvalue weighted by molar-refractivity contribution is -0.137. The number of rotatable bonds is 6. The number of carbonyl (C=O) groups excluding carboxylic acids is 2. The number of likely N-dealkylation sites (N-methyl/N-ethyl adjacent to an activating group) is 1. The molecule has 0 saturated carbocycles. The van der Waals surface area contributed by atoms with Gasteiger partial charge < -0.3 is 14.9 Å². The SMILES string of the molecule is CCN1CCN(C(=O)N(Cc2ccc(C(=O)CO)cc2)c2ccc(Cl)c(C(F)(F)F)c2)CC1. The van der Waals surface area contributed by atoms with Crippen LogP contribution < -0.4 is 4.90 Å². The minimum atomic E-state index is -4.67. The smallest absolute Gasteiger partial charge is 0.388 e. The number of Topliss-reactive ketones (excluding diaryl/α,β-unsaturated/α-hetero) is 1. The average molecular weight is 484 g/mol. The Labute approximate surface area is 195 Å². The van der Waals surface area contributed by atoms with Crippen LogP contribution in [0.5, 0.6) is 0 Å². The molecule has 0 bridgehead atoms. The number of nitrogens with zero attached hydrogens (tertiary/aromatic N) is 3. The summed E-state index contributed by atoms with van der Waals surface area (Å²) in [5.41, 5.74) is -0.0153. The molecule has 3 rings (SSSR count). The highest BCUT2D eigenvalue weighted by Crippen LogP contribution is 2.37. The number of aliphatic hydroxyl groups is 1. The molecule has 33 heavy (non-hydrogen) atoms. The van der Waals surface area contributed by atoms with Gasteiger partial charge in [0, 0.05) is 37.4 Å². The normalized spacial score (nSPS) is 14.9. The molecular weight excluding hydrogens is 459 g/mol. The number of aliphatic hydroxyl groups excluding tert-OH is 1. The van der Waals surface area contributed by atoms with E-state index in [1.807, 2.05) is 6.92 Å². The van der Waals surface area contributed by atoms with Gasteiger partial charge in [0.1, 0.15) is 6.61 Å². The van der Waals surface area contributed by atoms with Gasteiger partial charge in [0.25, 0.3) is 0 Å². The molecule has 0 radical (unpaired) electrons. The largest absolute Gasteiger partial charge is 0.417 e. The van der Waals surface area contributed by atoms with Crippen molar-refractivity contribution in [1.82, 2.24) is 9.80 Å². The van der Waals surface area contributed by atoms with Crippen LogP contribution in [0.2, 0.25) is 5.02 Å². The second-order valence-electron chi connectivity index (χ2n) is 7.73. The van der Waals surface area contributed by atoms with E-state index >= 15 is 0 Å². The summed E-state index contributed by atoms with van der Waals surface area (Å²) in [6.45, 7) is 4.56. The lowest BCUT2D eigenvalue weighted by Crippen LogP contribution is -2.52. The topological polar surface area (TPSA) is 64.1 Å². The van der Waals surface area contributed by atoms with Crippen molar-refractivity contribution in [2.75, 3.05) is 44.2 Å². The van der Waals surface area contributed by atoms with E-state index in [0.29, 0.717) is 37.3 Å². The highest BCUT2D eigenvalue weighted by molar-refractivity contribution is 6.31. The highest BCUT2D eigenvalue weighted by atomic mass is 35.5. The summed E-state index contributed by atoms with van der Waals surface area (Å²) in [6.07, 6.45) is -4.67. The number of ketones is 1. The first-order valence-electron chi connectivity index (χ1n) is 10.5. The van der Waals surface area contributed by atoms with Crippen LogP contribution in [0.15, 0.2) is 42.5 Å². The zero-order valence-electron chi connectivity index (χ0n) is 18.1. The summed E-state index contributed by atoms with van der Waals surface area (Å²) in [5, 5.41) is 8.56. The van der Waals surface area contributed by atoms with E-state index in [9.17, 15) is 22.8 Å². The first-order valence-corrected chi connectivity index (χ1v) is 10.9. The Morgan fingerprint density at radius 3 is 2.24 bits per heavy atom. The second-order valence-corrected chi connectivity index (χ2v) is 8.14. The molecule has 0 atom stereocenters. The number of benzene rings is 2. The fraction of sp³-hybridized carbons (Fsp3) is 0.391. The number of alkyl halides is 3. The fourth-order valence-corrected chi connectivity index (χ4v) is 3.89. The lowest BCUT2D eigenvalue weighted by Gasteiger charge is -2.37. The zero-order valence-corrected chi connectivity index (χ0v) is 18.9. The van der Waals surface area contributed by atoms with E-state index in [2.05, 4.69) is 4.90 Å². The molecule has 6 nitrogen and oxygen atoms in total. The lowest BCUT2D eigenvalue weighted by atomic mass is 10.1. The average Bonchev–Trinajstić information content (AvgIpc) is 2.81. The Morgan fingerprint density at radius 2 is 1.70 bits per heavy atom. The molecule has 0 unspecified atom stereocenters. The van der Waals surface area contributed by atoms with E-state index in [4.69, 9.17) is 16.7 Å². The third-order valence-electron chi connectivity index (χ3n) is 5.65. The molecule has 0 spiro atoms. The first kappa shape index (κ1) is 25.0. The standard InChI is InChI=1S/C23H25ClF3N3O3/c1-2-28-9-11-29(12-10-28)22(33)30(14-16-3-5-17(6-4-16)21(32)15-31)18-7-8-20(24)19(13-18)23(25,26)27/h3-8,13,31H,2,9-12,14-15H2,1H3. The molecule has 2 aromatic carbocycles. The zero-order chi connectivity index (χ0) is 24.2. The van der Waals surface area contributed by atoms with Crippen LogP contribution in [0.1, 0.15) is 28.4 Å². The van der Waals surface area contributed by atoms with Gasteiger partial charge in [-0.05, 0) is 30.3 Å². The number of carbonyl (C=O) groups is 2. The van der Waals surface area contributed by atoms with E-state index < -0.39 is 35.2 Å². The molecule has 1 heterocycles. The van der Waals surface area contributed by atoms with Gasteiger partial charge in [-0.1, -0.05) is 42.8 Å². The summed E-state index contributed by atoms with van der Waals surface area (Å²) >= 11 is 5.78. The molecule has 1 aliphatic heterocycles. The maximum atomic E-state index is 13.5. The van der Waals surface area contributed by atoms with E-state index in [1.54, 1.807) is 17.0 Å². The van der Waals surface area contributed by atoms with Gasteiger partial charge in [-0.25, -0.2) is 4.79 Å². The molecule has 1 N–H and O–H groups in total. The van der Waals surface area contributed by atoms with Crippen LogP contribution in [0, 0.1) is 0 Å². The maximum Gasteiger partial charge on any atom is 0.417 e. The fourth-order valence-electron chi connectivity index (χ4n) is 3.66. The molecule has 1 saturated heterocycles. The molecule has 2 aromatic rings. The summed E-state index contributed by atoms with van der Waals surface area (Å²) in [4.78, 5) is 30.2. The van der Waals surface area contributed by atoms with Crippen LogP contribution in [0.3, 0.4) is 0 Å². The van der Waals surface area contributed by atoms with Crippen LogP contribution in [0.4, 0.5) is 23.7 Å². The van der Waals surface area contributed by atoms with Gasteiger partial charge in [0.2, 0.25) is 0 Å². The summed E-state index contributed by atoms with van der Waals surface area (Å²) in [6, 6.07) is 9.25. The van der Waals surface area contributed by atoms with Crippen LogP contribution in [-0.2, 0) is 12.7 Å². The number of hydrogen-bond donors (Lipinski definition) is 1. The summed E-state index contributed by atoms with van der Waals surface area (Å²) in [7, 11) is 0. The Hall–Kier alpha value is -2.62. The van der Waals surface area contributed by atoms with Crippen molar-refractivity contribution in [2.45, 2.75) is 19.6 Å². The number of amides is 2. The van der Waals surface area contributed by atoms with E-state index in [1.165, 1.54) is 23.1 Å². The Morgan fingerprint density at radius 1 is 1.06 bits per heavy atom. The predicted molar refractivity (Wildman–Crippen MR) is 120 cm³/mol. The molecule has 178 valence electrons. The monoisotopic (exact) mass is 483 g/mol. The maximum absolute atomic E-state index is 13.5. The van der Waals surface area contributed by atoms with Crippen molar-refractivity contribution in [1.29, 1.82) is 0 Å². The minimum absolute atomic E-state index is 0.000644. The Kier molecular flexibility index (Phi) is 7.99. The quantitative estimate of drug-likeness (QED) is 0.622.